The van der Waals surface area contributed by atoms with Crippen LogP contribution >= 0.6 is 11.3 Å². The van der Waals surface area contributed by atoms with Crippen molar-refractivity contribution in [3.05, 3.63) is 34.3 Å². The van der Waals surface area contributed by atoms with E-state index in [4.69, 9.17) is 4.74 Å². The molecule has 0 aromatic carbocycles. The summed E-state index contributed by atoms with van der Waals surface area (Å²) in [5, 5.41) is 7.44. The van der Waals surface area contributed by atoms with Gasteiger partial charge >= 0.3 is 0 Å². The van der Waals surface area contributed by atoms with Crippen LogP contribution in [0.3, 0.4) is 0 Å². The van der Waals surface area contributed by atoms with E-state index in [2.05, 4.69) is 32.1 Å². The topological polar surface area (TPSA) is 47.0 Å². The molecule has 84 valence electrons. The molecule has 5 heteroatoms. The molecule has 0 bridgehead atoms. The van der Waals surface area contributed by atoms with Gasteiger partial charge in [0.05, 0.1) is 12.7 Å². The van der Waals surface area contributed by atoms with E-state index in [0.717, 1.165) is 17.9 Å². The highest BCUT2D eigenvalue weighted by Crippen LogP contribution is 2.20. The maximum atomic E-state index is 5.13. The van der Waals surface area contributed by atoms with Gasteiger partial charge in [-0.05, 0) is 29.3 Å². The molecule has 2 aromatic heterocycles. The van der Waals surface area contributed by atoms with Crippen LogP contribution in [0.25, 0.3) is 0 Å². The molecule has 0 aliphatic heterocycles. The van der Waals surface area contributed by atoms with E-state index >= 15 is 0 Å². The molecule has 0 saturated carbocycles. The van der Waals surface area contributed by atoms with Crippen LogP contribution in [0, 0.1) is 6.92 Å². The van der Waals surface area contributed by atoms with E-state index < -0.39 is 0 Å². The molecule has 1 N–H and O–H groups in total. The molecule has 2 rings (SSSR count). The zero-order valence-electron chi connectivity index (χ0n) is 9.23. The van der Waals surface area contributed by atoms with Crippen LogP contribution in [0.15, 0.2) is 23.2 Å². The number of nitrogens with zero attached hydrogens (tertiary/aromatic N) is 2. The normalized spacial score (nSPS) is 10.1. The first-order valence-corrected chi connectivity index (χ1v) is 5.86. The minimum atomic E-state index is 0.614. The van der Waals surface area contributed by atoms with Crippen molar-refractivity contribution >= 4 is 17.2 Å². The number of rotatable bonds is 4. The molecule has 2 aromatic rings. The molecule has 0 aliphatic rings. The Morgan fingerprint density at radius 3 is 3.00 bits per heavy atom. The molecule has 0 atom stereocenters. The lowest BCUT2D eigenvalue weighted by molar-refractivity contribution is 0.393. The molecule has 0 spiro atoms. The van der Waals surface area contributed by atoms with Gasteiger partial charge in [-0.3, -0.25) is 0 Å². The Bertz CT molecular complexity index is 456. The number of nitrogens with one attached hydrogen (secondary N) is 1. The zero-order chi connectivity index (χ0) is 11.4. The Labute approximate surface area is 98.3 Å². The number of ether oxygens (including phenoxy) is 1. The Kier molecular flexibility index (Phi) is 3.36. The summed E-state index contributed by atoms with van der Waals surface area (Å²) in [6.07, 6.45) is 1.50. The average molecular weight is 235 g/mol. The van der Waals surface area contributed by atoms with Gasteiger partial charge in [0.2, 0.25) is 5.88 Å². The van der Waals surface area contributed by atoms with E-state index in [9.17, 15) is 0 Å². The second-order valence-electron chi connectivity index (χ2n) is 3.34. The van der Waals surface area contributed by atoms with Gasteiger partial charge in [0.25, 0.3) is 0 Å². The van der Waals surface area contributed by atoms with E-state index in [-0.39, 0.29) is 0 Å². The summed E-state index contributed by atoms with van der Waals surface area (Å²) >= 11 is 1.69. The highest BCUT2D eigenvalue weighted by atomic mass is 32.1. The lowest BCUT2D eigenvalue weighted by Gasteiger charge is -2.09. The molecule has 0 amide bonds. The van der Waals surface area contributed by atoms with Crippen molar-refractivity contribution < 1.29 is 4.74 Å². The summed E-state index contributed by atoms with van der Waals surface area (Å²) < 4.78 is 5.13. The van der Waals surface area contributed by atoms with Gasteiger partial charge < -0.3 is 10.1 Å². The number of anilines is 1. The standard InChI is InChI=1S/C11H13N3OS/c1-8-10(13-7-14-11(8)15-2)12-5-9-3-4-16-6-9/h3-4,6-7H,5H2,1-2H3,(H,12,13,14). The Morgan fingerprint density at radius 2 is 2.31 bits per heavy atom. The maximum absolute atomic E-state index is 5.13. The predicted octanol–water partition coefficient (Wildman–Crippen LogP) is 2.47. The van der Waals surface area contributed by atoms with Crippen molar-refractivity contribution in [2.45, 2.75) is 13.5 Å². The van der Waals surface area contributed by atoms with Crippen molar-refractivity contribution in [2.24, 2.45) is 0 Å². The van der Waals surface area contributed by atoms with E-state index in [1.165, 1.54) is 11.9 Å². The van der Waals surface area contributed by atoms with Crippen LogP contribution in [0.5, 0.6) is 5.88 Å². The number of hydrogen-bond donors (Lipinski definition) is 1. The van der Waals surface area contributed by atoms with E-state index in [0.29, 0.717) is 5.88 Å². The highest BCUT2D eigenvalue weighted by Gasteiger charge is 2.06. The lowest BCUT2D eigenvalue weighted by Crippen LogP contribution is -2.04. The molecular weight excluding hydrogens is 222 g/mol. The summed E-state index contributed by atoms with van der Waals surface area (Å²) in [4.78, 5) is 8.22. The average Bonchev–Trinajstić information content (AvgIpc) is 2.81. The van der Waals surface area contributed by atoms with Crippen molar-refractivity contribution in [2.75, 3.05) is 12.4 Å². The minimum absolute atomic E-state index is 0.614. The van der Waals surface area contributed by atoms with Gasteiger partial charge in [0, 0.05) is 6.54 Å². The molecule has 2 heterocycles. The molecule has 0 aliphatic carbocycles. The van der Waals surface area contributed by atoms with Crippen molar-refractivity contribution in [3.8, 4) is 5.88 Å². The fraction of sp³-hybridized carbons (Fsp3) is 0.273. The quantitative estimate of drug-likeness (QED) is 0.884. The smallest absolute Gasteiger partial charge is 0.221 e. The number of aromatic nitrogens is 2. The van der Waals surface area contributed by atoms with Crippen LogP contribution in [0.1, 0.15) is 11.1 Å². The third kappa shape index (κ3) is 2.30. The van der Waals surface area contributed by atoms with Gasteiger partial charge in [-0.1, -0.05) is 0 Å². The zero-order valence-corrected chi connectivity index (χ0v) is 10.0. The Morgan fingerprint density at radius 1 is 1.44 bits per heavy atom. The van der Waals surface area contributed by atoms with Crippen LogP contribution in [0.2, 0.25) is 0 Å². The number of methoxy groups -OCH3 is 1. The monoisotopic (exact) mass is 235 g/mol. The summed E-state index contributed by atoms with van der Waals surface area (Å²) in [5.74, 6) is 1.43. The van der Waals surface area contributed by atoms with Crippen molar-refractivity contribution in [1.29, 1.82) is 0 Å². The van der Waals surface area contributed by atoms with Crippen LogP contribution in [0.4, 0.5) is 5.82 Å². The molecule has 0 fully saturated rings. The Hall–Kier alpha value is -1.62. The number of thiophene rings is 1. The van der Waals surface area contributed by atoms with E-state index in [1.54, 1.807) is 18.4 Å². The van der Waals surface area contributed by atoms with Crippen molar-refractivity contribution in [3.63, 3.8) is 0 Å². The van der Waals surface area contributed by atoms with Gasteiger partial charge in [0.15, 0.2) is 0 Å². The Balaban J connectivity index is 2.09. The summed E-state index contributed by atoms with van der Waals surface area (Å²) in [5.41, 5.74) is 2.18. The van der Waals surface area contributed by atoms with Crippen molar-refractivity contribution in [1.82, 2.24) is 9.97 Å². The summed E-state index contributed by atoms with van der Waals surface area (Å²) in [7, 11) is 1.61. The van der Waals surface area contributed by atoms with Gasteiger partial charge in [-0.15, -0.1) is 0 Å². The second kappa shape index (κ2) is 4.94. The molecule has 0 saturated heterocycles. The predicted molar refractivity (Wildman–Crippen MR) is 65.0 cm³/mol. The lowest BCUT2D eigenvalue weighted by atomic mass is 10.3. The largest absolute Gasteiger partial charge is 0.481 e. The van der Waals surface area contributed by atoms with Gasteiger partial charge in [0.1, 0.15) is 12.1 Å². The first-order chi connectivity index (χ1) is 7.81. The van der Waals surface area contributed by atoms with Crippen LogP contribution < -0.4 is 10.1 Å². The second-order valence-corrected chi connectivity index (χ2v) is 4.12. The van der Waals surface area contributed by atoms with Crippen LogP contribution in [-0.2, 0) is 6.54 Å². The highest BCUT2D eigenvalue weighted by molar-refractivity contribution is 7.07. The maximum Gasteiger partial charge on any atom is 0.221 e. The van der Waals surface area contributed by atoms with Gasteiger partial charge in [-0.2, -0.15) is 11.3 Å². The fourth-order valence-electron chi connectivity index (χ4n) is 1.40. The molecule has 0 unspecified atom stereocenters. The molecular formula is C11H13N3OS. The SMILES string of the molecule is COc1ncnc(NCc2ccsc2)c1C. The van der Waals surface area contributed by atoms with Gasteiger partial charge in [-0.25, -0.2) is 9.97 Å². The molecule has 16 heavy (non-hydrogen) atoms. The first-order valence-electron chi connectivity index (χ1n) is 4.92. The summed E-state index contributed by atoms with van der Waals surface area (Å²) in [6.45, 7) is 2.71. The third-order valence-corrected chi connectivity index (χ3v) is 3.00. The molecule has 4 nitrogen and oxygen atoms in total. The van der Waals surface area contributed by atoms with E-state index in [1.807, 2.05) is 6.92 Å². The first kappa shape index (κ1) is 10.9. The fourth-order valence-corrected chi connectivity index (χ4v) is 2.07. The summed E-state index contributed by atoms with van der Waals surface area (Å²) in [6, 6.07) is 2.09. The van der Waals surface area contributed by atoms with Crippen LogP contribution in [-0.4, -0.2) is 17.1 Å². The third-order valence-electron chi connectivity index (χ3n) is 2.27. The number of hydrogen-bond acceptors (Lipinski definition) is 5. The molecule has 0 radical (unpaired) electrons. The minimum Gasteiger partial charge on any atom is -0.481 e.